The Kier molecular flexibility index (Phi) is 2.60. The molecule has 6 heteroatoms. The second-order valence-electron chi connectivity index (χ2n) is 8.74. The van der Waals surface area contributed by atoms with Gasteiger partial charge in [0.15, 0.2) is 0 Å². The first kappa shape index (κ1) is 15.6. The summed E-state index contributed by atoms with van der Waals surface area (Å²) < 4.78 is 5.86. The summed E-state index contributed by atoms with van der Waals surface area (Å²) in [5.41, 5.74) is -2.53. The number of carbonyl (C=O) groups is 2. The summed E-state index contributed by atoms with van der Waals surface area (Å²) in [5, 5.41) is 31.7. The van der Waals surface area contributed by atoms with Gasteiger partial charge in [-0.25, -0.2) is 0 Å². The predicted octanol–water partition coefficient (Wildman–Crippen LogP) is 0.883. The minimum absolute atomic E-state index is 0.112. The van der Waals surface area contributed by atoms with Crippen molar-refractivity contribution in [1.29, 1.82) is 0 Å². The number of carboxylic acid groups (broad SMARTS) is 1. The van der Waals surface area contributed by atoms with Gasteiger partial charge in [-0.15, -0.1) is 0 Å². The summed E-state index contributed by atoms with van der Waals surface area (Å²) in [5.74, 6) is -3.37. The van der Waals surface area contributed by atoms with Crippen LogP contribution < -0.4 is 0 Å². The van der Waals surface area contributed by atoms with E-state index in [-0.39, 0.29) is 11.8 Å². The third-order valence-electron chi connectivity index (χ3n) is 8.16. The average molecular weight is 346 g/mol. The molecule has 134 valence electrons. The summed E-state index contributed by atoms with van der Waals surface area (Å²) >= 11 is 0. The topological polar surface area (TPSA) is 104 Å². The summed E-state index contributed by atoms with van der Waals surface area (Å²) in [4.78, 5) is 25.1. The first-order valence-electron chi connectivity index (χ1n) is 8.91. The molecule has 0 aromatic carbocycles. The van der Waals surface area contributed by atoms with E-state index >= 15 is 0 Å². The maximum Gasteiger partial charge on any atom is 0.316 e. The molecule has 0 amide bonds. The Morgan fingerprint density at radius 3 is 2.76 bits per heavy atom. The molecule has 1 saturated heterocycles. The quantitative estimate of drug-likeness (QED) is 0.481. The van der Waals surface area contributed by atoms with Crippen LogP contribution in [0.15, 0.2) is 24.3 Å². The molecular weight excluding hydrogens is 324 g/mol. The number of carboxylic acids is 1. The van der Waals surface area contributed by atoms with E-state index in [0.717, 1.165) is 6.42 Å². The number of aliphatic hydroxyl groups excluding tert-OH is 2. The van der Waals surface area contributed by atoms with Crippen LogP contribution in [0, 0.1) is 34.5 Å². The molecular formula is C19H22O6. The van der Waals surface area contributed by atoms with Crippen molar-refractivity contribution in [1.82, 2.24) is 0 Å². The van der Waals surface area contributed by atoms with Crippen LogP contribution in [0.1, 0.15) is 26.2 Å². The van der Waals surface area contributed by atoms with Gasteiger partial charge in [-0.3, -0.25) is 9.59 Å². The molecule has 4 bridgehead atoms. The van der Waals surface area contributed by atoms with E-state index in [4.69, 9.17) is 4.74 Å². The average Bonchev–Trinajstić information content (AvgIpc) is 3.00. The van der Waals surface area contributed by atoms with E-state index in [2.05, 4.69) is 6.58 Å². The van der Waals surface area contributed by atoms with Crippen molar-refractivity contribution in [3.63, 3.8) is 0 Å². The fourth-order valence-electron chi connectivity index (χ4n) is 7.16. The molecule has 5 rings (SSSR count). The van der Waals surface area contributed by atoms with E-state index in [1.165, 1.54) is 0 Å². The zero-order valence-electron chi connectivity index (χ0n) is 14.0. The number of fused-ring (bicyclic) bond motifs is 1. The fraction of sp³-hybridized carbons (Fsp3) is 0.684. The molecule has 1 heterocycles. The molecule has 0 radical (unpaired) electrons. The largest absolute Gasteiger partial charge is 0.481 e. The maximum atomic E-state index is 12.7. The number of aliphatic carboxylic acids is 1. The summed E-state index contributed by atoms with van der Waals surface area (Å²) in [6, 6.07) is 0. The zero-order chi connectivity index (χ0) is 17.9. The van der Waals surface area contributed by atoms with E-state index < -0.39 is 52.4 Å². The summed E-state index contributed by atoms with van der Waals surface area (Å²) in [6.07, 6.45) is 3.33. The number of esters is 1. The Labute approximate surface area is 145 Å². The van der Waals surface area contributed by atoms with Gasteiger partial charge in [-0.05, 0) is 43.8 Å². The lowest BCUT2D eigenvalue weighted by atomic mass is 9.60. The molecule has 1 aliphatic heterocycles. The van der Waals surface area contributed by atoms with Crippen molar-refractivity contribution in [2.75, 3.05) is 0 Å². The van der Waals surface area contributed by atoms with Crippen molar-refractivity contribution in [2.45, 2.75) is 44.0 Å². The maximum absolute atomic E-state index is 12.7. The summed E-state index contributed by atoms with van der Waals surface area (Å²) in [6.45, 7) is 5.64. The first-order valence-corrected chi connectivity index (χ1v) is 8.91. The minimum atomic E-state index is -1.30. The molecule has 3 N–H and O–H groups in total. The monoisotopic (exact) mass is 346 g/mol. The second kappa shape index (κ2) is 4.18. The number of ether oxygens (including phenoxy) is 1. The smallest absolute Gasteiger partial charge is 0.316 e. The van der Waals surface area contributed by atoms with E-state index in [9.17, 15) is 24.9 Å². The van der Waals surface area contributed by atoms with E-state index in [1.54, 1.807) is 19.1 Å². The Hall–Kier alpha value is -1.66. The molecule has 25 heavy (non-hydrogen) atoms. The lowest BCUT2D eigenvalue weighted by Gasteiger charge is -2.43. The van der Waals surface area contributed by atoms with Crippen LogP contribution >= 0.6 is 0 Å². The van der Waals surface area contributed by atoms with Crippen LogP contribution in [-0.4, -0.2) is 45.1 Å². The number of carbonyl (C=O) groups excluding carboxylic acids is 1. The van der Waals surface area contributed by atoms with Crippen LogP contribution in [0.3, 0.4) is 0 Å². The molecule has 0 aromatic rings. The molecule has 0 aromatic heterocycles. The highest BCUT2D eigenvalue weighted by Crippen LogP contribution is 2.76. The SMILES string of the molecule is C=C1C2CC[C@H]3[C@@]45C=C[C@H](O)[C@@](C)(C(=O)O4)[C@H]5[C@H](C(=O)O)[C@]3(C2)[C@@H]1O. The molecule has 6 nitrogen and oxygen atoms in total. The number of hydrogen-bond donors (Lipinski definition) is 3. The van der Waals surface area contributed by atoms with Gasteiger partial charge in [-0.1, -0.05) is 12.7 Å². The second-order valence-corrected chi connectivity index (χ2v) is 8.74. The lowest BCUT2D eigenvalue weighted by molar-refractivity contribution is -0.165. The van der Waals surface area contributed by atoms with Crippen LogP contribution in [0.5, 0.6) is 0 Å². The van der Waals surface area contributed by atoms with Crippen molar-refractivity contribution in [2.24, 2.45) is 34.5 Å². The third-order valence-corrected chi connectivity index (χ3v) is 8.16. The number of rotatable bonds is 1. The number of aliphatic hydroxyl groups is 2. The molecule has 1 unspecified atom stereocenters. The van der Waals surface area contributed by atoms with Crippen LogP contribution in [0.4, 0.5) is 0 Å². The van der Waals surface area contributed by atoms with Crippen molar-refractivity contribution < 1.29 is 29.6 Å². The highest BCUT2D eigenvalue weighted by atomic mass is 16.6. The van der Waals surface area contributed by atoms with Gasteiger partial charge in [0.2, 0.25) is 0 Å². The molecule has 1 spiro atoms. The zero-order valence-corrected chi connectivity index (χ0v) is 14.0. The Morgan fingerprint density at radius 2 is 2.08 bits per heavy atom. The third kappa shape index (κ3) is 1.33. The van der Waals surface area contributed by atoms with Gasteiger partial charge < -0.3 is 20.1 Å². The Morgan fingerprint density at radius 1 is 1.36 bits per heavy atom. The molecule has 9 atom stereocenters. The van der Waals surface area contributed by atoms with Crippen LogP contribution in [0.25, 0.3) is 0 Å². The van der Waals surface area contributed by atoms with Gasteiger partial charge in [0.1, 0.15) is 11.0 Å². The lowest BCUT2D eigenvalue weighted by Crippen LogP contribution is -2.51. The standard InChI is InChI=1S/C19H22O6/c1-8-9-3-4-10-18(7-9,14(8)21)12(15(22)23)13-17(2)11(20)5-6-19(10,13)25-16(17)24/h5-6,9-14,20-21H,1,3-4,7H2,2H3,(H,22,23)/t9?,10-,11+,12-,13-,14-,17-,18-,19-/m1/s1. The van der Waals surface area contributed by atoms with Gasteiger partial charge in [0.25, 0.3) is 0 Å². The van der Waals surface area contributed by atoms with Crippen molar-refractivity contribution in [3.8, 4) is 0 Å². The van der Waals surface area contributed by atoms with Crippen molar-refractivity contribution >= 4 is 11.9 Å². The molecule has 5 aliphatic rings. The fourth-order valence-corrected chi connectivity index (χ4v) is 7.16. The molecule has 4 aliphatic carbocycles. The molecule has 3 saturated carbocycles. The van der Waals surface area contributed by atoms with Gasteiger partial charge >= 0.3 is 11.9 Å². The summed E-state index contributed by atoms with van der Waals surface area (Å²) in [7, 11) is 0. The van der Waals surface area contributed by atoms with Crippen LogP contribution in [0.2, 0.25) is 0 Å². The van der Waals surface area contributed by atoms with Gasteiger partial charge in [0.05, 0.1) is 18.1 Å². The minimum Gasteiger partial charge on any atom is -0.481 e. The van der Waals surface area contributed by atoms with Crippen molar-refractivity contribution in [3.05, 3.63) is 24.3 Å². The first-order chi connectivity index (χ1) is 11.7. The predicted molar refractivity (Wildman–Crippen MR) is 85.1 cm³/mol. The van der Waals surface area contributed by atoms with E-state index in [0.29, 0.717) is 18.4 Å². The van der Waals surface area contributed by atoms with Crippen LogP contribution in [-0.2, 0) is 14.3 Å². The Bertz CT molecular complexity index is 757. The van der Waals surface area contributed by atoms with Gasteiger partial charge in [-0.2, -0.15) is 0 Å². The van der Waals surface area contributed by atoms with E-state index in [1.807, 2.05) is 0 Å². The number of hydrogen-bond acceptors (Lipinski definition) is 5. The highest BCUT2D eigenvalue weighted by Gasteiger charge is 2.84. The van der Waals surface area contributed by atoms with Gasteiger partial charge in [0, 0.05) is 17.3 Å². The Balaban J connectivity index is 1.81. The normalized spacial score (nSPS) is 58.0. The highest BCUT2D eigenvalue weighted by molar-refractivity contribution is 5.86. The molecule has 4 fully saturated rings.